The van der Waals surface area contributed by atoms with Crippen molar-refractivity contribution in [2.75, 3.05) is 32.8 Å². The summed E-state index contributed by atoms with van der Waals surface area (Å²) in [6.07, 6.45) is 47.8. The van der Waals surface area contributed by atoms with E-state index in [4.69, 9.17) is 9.47 Å². The Morgan fingerprint density at radius 1 is 0.611 bits per heavy atom. The second kappa shape index (κ2) is 38.8. The van der Waals surface area contributed by atoms with Gasteiger partial charge in [0.1, 0.15) is 13.2 Å². The average Bonchev–Trinajstić information content (AvgIpc) is 3.70. The van der Waals surface area contributed by atoms with Crippen molar-refractivity contribution >= 4 is 11.9 Å². The van der Waals surface area contributed by atoms with Crippen LogP contribution in [0.25, 0.3) is 0 Å². The van der Waals surface area contributed by atoms with E-state index in [0.29, 0.717) is 13.0 Å². The number of aryl methyl sites for hydroxylation is 1. The molecule has 0 amide bonds. The molecule has 0 aliphatic carbocycles. The molecule has 0 bridgehead atoms. The molecule has 54 heavy (non-hydrogen) atoms. The van der Waals surface area contributed by atoms with Crippen LogP contribution in [0.2, 0.25) is 0 Å². The van der Waals surface area contributed by atoms with Gasteiger partial charge in [-0.25, -0.2) is 4.98 Å². The lowest BCUT2D eigenvalue weighted by Gasteiger charge is -2.22. The van der Waals surface area contributed by atoms with Crippen molar-refractivity contribution in [3.8, 4) is 0 Å². The highest BCUT2D eigenvalue weighted by Gasteiger charge is 2.20. The third-order valence-corrected chi connectivity index (χ3v) is 10.5. The SMILES string of the molecule is CCCCC/C=C\C/C=C\CCCCCCCCN(CCCn1ccnc1)CCC(=O)OCCOC(=O)C(CCCCCCCC)CCCCCCCC. The zero-order valence-corrected chi connectivity index (χ0v) is 35.6. The molecule has 0 N–H and O–H groups in total. The second-order valence-electron chi connectivity index (χ2n) is 15.5. The average molecular weight is 756 g/mol. The number of imidazole rings is 1. The van der Waals surface area contributed by atoms with Gasteiger partial charge in [-0.1, -0.05) is 161 Å². The third kappa shape index (κ3) is 31.9. The fourth-order valence-corrected chi connectivity index (χ4v) is 7.01. The summed E-state index contributed by atoms with van der Waals surface area (Å²) in [5.41, 5.74) is 0. The highest BCUT2D eigenvalue weighted by atomic mass is 16.6. The second-order valence-corrected chi connectivity index (χ2v) is 15.5. The van der Waals surface area contributed by atoms with Crippen LogP contribution in [0.1, 0.15) is 201 Å². The smallest absolute Gasteiger partial charge is 0.309 e. The Bertz CT molecular complexity index is 993. The van der Waals surface area contributed by atoms with Crippen molar-refractivity contribution in [2.24, 2.45) is 5.92 Å². The molecule has 0 aromatic carbocycles. The van der Waals surface area contributed by atoms with Crippen molar-refractivity contribution in [3.63, 3.8) is 0 Å². The summed E-state index contributed by atoms with van der Waals surface area (Å²) in [6, 6.07) is 0. The van der Waals surface area contributed by atoms with E-state index in [0.717, 1.165) is 64.6 Å². The first-order valence-corrected chi connectivity index (χ1v) is 22.9. The molecule has 0 aliphatic heterocycles. The molecule has 7 heteroatoms. The Hall–Kier alpha value is -2.41. The number of allylic oxidation sites excluding steroid dienone is 4. The quantitative estimate of drug-likeness (QED) is 0.0377. The topological polar surface area (TPSA) is 73.7 Å². The van der Waals surface area contributed by atoms with E-state index < -0.39 is 0 Å². The summed E-state index contributed by atoms with van der Waals surface area (Å²) >= 11 is 0. The fourth-order valence-electron chi connectivity index (χ4n) is 7.01. The molecular weight excluding hydrogens is 671 g/mol. The number of aromatic nitrogens is 2. The highest BCUT2D eigenvalue weighted by molar-refractivity contribution is 5.72. The zero-order chi connectivity index (χ0) is 39.0. The lowest BCUT2D eigenvalue weighted by Crippen LogP contribution is -2.30. The number of nitrogens with zero attached hydrogens (tertiary/aromatic N) is 3. The Morgan fingerprint density at radius 2 is 1.13 bits per heavy atom. The van der Waals surface area contributed by atoms with Crippen molar-refractivity contribution in [2.45, 2.75) is 207 Å². The van der Waals surface area contributed by atoms with E-state index in [9.17, 15) is 9.59 Å². The van der Waals surface area contributed by atoms with E-state index in [1.165, 1.54) is 128 Å². The molecule has 0 fully saturated rings. The van der Waals surface area contributed by atoms with Crippen molar-refractivity contribution in [1.29, 1.82) is 0 Å². The number of hydrogen-bond acceptors (Lipinski definition) is 6. The van der Waals surface area contributed by atoms with E-state index in [1.54, 1.807) is 0 Å². The molecule has 0 aliphatic rings. The van der Waals surface area contributed by atoms with Crippen LogP contribution in [0.15, 0.2) is 43.0 Å². The van der Waals surface area contributed by atoms with Gasteiger partial charge in [0.2, 0.25) is 0 Å². The first-order valence-electron chi connectivity index (χ1n) is 22.9. The van der Waals surface area contributed by atoms with Gasteiger partial charge in [-0.2, -0.15) is 0 Å². The van der Waals surface area contributed by atoms with Gasteiger partial charge in [-0.3, -0.25) is 9.59 Å². The lowest BCUT2D eigenvalue weighted by atomic mass is 9.94. The van der Waals surface area contributed by atoms with Crippen LogP contribution < -0.4 is 0 Å². The summed E-state index contributed by atoms with van der Waals surface area (Å²) in [5, 5.41) is 0. The van der Waals surface area contributed by atoms with Crippen molar-refractivity contribution < 1.29 is 19.1 Å². The molecule has 0 atom stereocenters. The maximum Gasteiger partial charge on any atom is 0.309 e. The molecule has 1 aromatic heterocycles. The number of hydrogen-bond donors (Lipinski definition) is 0. The van der Waals surface area contributed by atoms with Crippen LogP contribution >= 0.6 is 0 Å². The Kier molecular flexibility index (Phi) is 35.7. The van der Waals surface area contributed by atoms with E-state index in [1.807, 2.05) is 18.7 Å². The van der Waals surface area contributed by atoms with Gasteiger partial charge in [0.05, 0.1) is 18.7 Å². The molecular formula is C47H85N3O4. The number of unbranched alkanes of at least 4 members (excludes halogenated alkanes) is 19. The van der Waals surface area contributed by atoms with Crippen molar-refractivity contribution in [1.82, 2.24) is 14.5 Å². The van der Waals surface area contributed by atoms with Crippen LogP contribution in [0, 0.1) is 5.92 Å². The van der Waals surface area contributed by atoms with E-state index in [-0.39, 0.29) is 31.1 Å². The first-order chi connectivity index (χ1) is 26.6. The Morgan fingerprint density at radius 3 is 1.74 bits per heavy atom. The van der Waals surface area contributed by atoms with Gasteiger partial charge in [0.15, 0.2) is 0 Å². The summed E-state index contributed by atoms with van der Waals surface area (Å²) in [4.78, 5) is 32.3. The molecule has 0 saturated carbocycles. The van der Waals surface area contributed by atoms with Crippen molar-refractivity contribution in [3.05, 3.63) is 43.0 Å². The first kappa shape index (κ1) is 49.6. The van der Waals surface area contributed by atoms with Crippen LogP contribution in [0.4, 0.5) is 0 Å². The zero-order valence-electron chi connectivity index (χ0n) is 35.6. The Labute approximate surface area is 333 Å². The van der Waals surface area contributed by atoms with Gasteiger partial charge in [0, 0.05) is 25.5 Å². The fraction of sp³-hybridized carbons (Fsp3) is 0.809. The molecule has 312 valence electrons. The number of carbonyl (C=O) groups is 2. The minimum absolute atomic E-state index is 0.0338. The molecule has 1 aromatic rings. The number of rotatable bonds is 40. The van der Waals surface area contributed by atoms with Gasteiger partial charge >= 0.3 is 11.9 Å². The Balaban J connectivity index is 2.33. The number of esters is 2. The number of ether oxygens (including phenoxy) is 2. The maximum atomic E-state index is 13.0. The summed E-state index contributed by atoms with van der Waals surface area (Å²) < 4.78 is 13.3. The van der Waals surface area contributed by atoms with Crippen LogP contribution in [-0.2, 0) is 25.6 Å². The molecule has 0 unspecified atom stereocenters. The largest absolute Gasteiger partial charge is 0.462 e. The van der Waals surface area contributed by atoms with Crippen LogP contribution in [0.5, 0.6) is 0 Å². The van der Waals surface area contributed by atoms with Gasteiger partial charge in [0.25, 0.3) is 0 Å². The summed E-state index contributed by atoms with van der Waals surface area (Å²) in [5.74, 6) is -0.350. The third-order valence-electron chi connectivity index (χ3n) is 10.5. The minimum atomic E-state index is -0.210. The van der Waals surface area contributed by atoms with E-state index >= 15 is 0 Å². The molecule has 7 nitrogen and oxygen atoms in total. The molecule has 0 saturated heterocycles. The van der Waals surface area contributed by atoms with E-state index in [2.05, 4.69) is 59.5 Å². The monoisotopic (exact) mass is 756 g/mol. The van der Waals surface area contributed by atoms with Crippen LogP contribution in [-0.4, -0.2) is 59.2 Å². The maximum absolute atomic E-state index is 13.0. The standard InChI is InChI=1S/C47H85N3O4/c1-4-7-10-13-16-17-18-19-20-21-22-23-24-25-28-31-37-49(38-32-39-50-41-36-48-44-50)40-35-46(51)53-42-43-54-47(52)45(33-29-26-14-11-8-5-2)34-30-27-15-12-9-6-3/h16-17,19-20,36,41,44-45H,4-15,18,21-35,37-40,42-43H2,1-3H3/b17-16-,20-19-. The molecule has 0 radical (unpaired) electrons. The summed E-state index contributed by atoms with van der Waals surface area (Å²) in [7, 11) is 0. The molecule has 1 rings (SSSR count). The van der Waals surface area contributed by atoms with Crippen LogP contribution in [0.3, 0.4) is 0 Å². The number of carbonyl (C=O) groups excluding carboxylic acids is 2. The minimum Gasteiger partial charge on any atom is -0.462 e. The van der Waals surface area contributed by atoms with Gasteiger partial charge in [-0.05, 0) is 70.9 Å². The molecule has 1 heterocycles. The van der Waals surface area contributed by atoms with Gasteiger partial charge in [-0.15, -0.1) is 0 Å². The van der Waals surface area contributed by atoms with Gasteiger partial charge < -0.3 is 18.9 Å². The normalized spacial score (nSPS) is 11.9. The highest BCUT2D eigenvalue weighted by Crippen LogP contribution is 2.21. The molecule has 0 spiro atoms. The lowest BCUT2D eigenvalue weighted by molar-refractivity contribution is -0.155. The summed E-state index contributed by atoms with van der Waals surface area (Å²) in [6.45, 7) is 10.6. The predicted octanol–water partition coefficient (Wildman–Crippen LogP) is 13.0. The predicted molar refractivity (Wildman–Crippen MR) is 229 cm³/mol.